The van der Waals surface area contributed by atoms with Gasteiger partial charge in [-0.3, -0.25) is 9.79 Å². The molecule has 1 aliphatic rings. The van der Waals surface area contributed by atoms with Gasteiger partial charge in [0.15, 0.2) is 0 Å². The van der Waals surface area contributed by atoms with E-state index in [1.807, 2.05) is 68.4 Å². The van der Waals surface area contributed by atoms with E-state index in [1.54, 1.807) is 6.21 Å². The molecule has 1 heterocycles. The largest absolute Gasteiger partial charge is 0.492 e. The van der Waals surface area contributed by atoms with Gasteiger partial charge >= 0.3 is 0 Å². The average Bonchev–Trinajstić information content (AvgIpc) is 2.89. The number of rotatable bonds is 5. The third kappa shape index (κ3) is 3.20. The lowest BCUT2D eigenvalue weighted by molar-refractivity contribution is -0.118. The van der Waals surface area contributed by atoms with Crippen LogP contribution in [0.1, 0.15) is 13.8 Å². The van der Waals surface area contributed by atoms with E-state index in [2.05, 4.69) is 10.1 Å². The molecule has 5 nitrogen and oxygen atoms in total. The molecule has 0 fully saturated rings. The quantitative estimate of drug-likeness (QED) is 0.786. The second kappa shape index (κ2) is 7.08. The summed E-state index contributed by atoms with van der Waals surface area (Å²) in [6, 6.07) is 16.9. The molecule has 1 amide bonds. The first-order chi connectivity index (χ1) is 11.7. The number of ether oxygens (including phenoxy) is 1. The Morgan fingerprint density at radius 3 is 2.62 bits per heavy atom. The molecule has 0 spiro atoms. The summed E-state index contributed by atoms with van der Waals surface area (Å²) in [5.74, 6) is 0.146. The van der Waals surface area contributed by atoms with Gasteiger partial charge < -0.3 is 4.74 Å². The van der Waals surface area contributed by atoms with Crippen LogP contribution in [0.15, 0.2) is 64.7 Å². The molecule has 3 rings (SSSR count). The van der Waals surface area contributed by atoms with E-state index in [0.717, 1.165) is 11.4 Å². The van der Waals surface area contributed by atoms with Crippen molar-refractivity contribution in [2.75, 3.05) is 11.6 Å². The SMILES string of the molecule is CCOc1ccccc1N=C[C@H]1C(=O)N(c2ccccc2)N=C1C. The molecule has 1 atom stereocenters. The number of nitrogens with zero attached hydrogens (tertiary/aromatic N) is 3. The van der Waals surface area contributed by atoms with E-state index < -0.39 is 5.92 Å². The maximum atomic E-state index is 12.6. The number of aliphatic imine (C=N–C) groups is 1. The summed E-state index contributed by atoms with van der Waals surface area (Å²) >= 11 is 0. The Bertz CT molecular complexity index is 784. The van der Waals surface area contributed by atoms with Crippen LogP contribution in [0.3, 0.4) is 0 Å². The van der Waals surface area contributed by atoms with Crippen LogP contribution < -0.4 is 9.75 Å². The van der Waals surface area contributed by atoms with Gasteiger partial charge in [-0.2, -0.15) is 10.1 Å². The molecule has 0 unspecified atom stereocenters. The second-order valence-electron chi connectivity index (χ2n) is 5.38. The van der Waals surface area contributed by atoms with Crippen LogP contribution in [0.5, 0.6) is 5.75 Å². The highest BCUT2D eigenvalue weighted by Crippen LogP contribution is 2.28. The lowest BCUT2D eigenvalue weighted by Gasteiger charge is -2.12. The third-order valence-electron chi connectivity index (χ3n) is 3.71. The van der Waals surface area contributed by atoms with Crippen LogP contribution in [-0.4, -0.2) is 24.4 Å². The zero-order chi connectivity index (χ0) is 16.9. The fourth-order valence-corrected chi connectivity index (χ4v) is 2.50. The molecular formula is C19H19N3O2. The van der Waals surface area contributed by atoms with Crippen molar-refractivity contribution in [1.82, 2.24) is 0 Å². The average molecular weight is 321 g/mol. The number of hydrazone groups is 1. The van der Waals surface area contributed by atoms with Gasteiger partial charge in [0, 0.05) is 6.21 Å². The maximum absolute atomic E-state index is 12.6. The Balaban J connectivity index is 1.82. The highest BCUT2D eigenvalue weighted by Gasteiger charge is 2.33. The fraction of sp³-hybridized carbons (Fsp3) is 0.211. The molecule has 1 aliphatic heterocycles. The van der Waals surface area contributed by atoms with E-state index in [4.69, 9.17) is 4.74 Å². The monoisotopic (exact) mass is 321 g/mol. The van der Waals surface area contributed by atoms with Crippen LogP contribution in [0, 0.1) is 5.92 Å². The van der Waals surface area contributed by atoms with Crippen LogP contribution >= 0.6 is 0 Å². The zero-order valence-corrected chi connectivity index (χ0v) is 13.7. The molecule has 0 aromatic heterocycles. The molecule has 0 saturated carbocycles. The lowest BCUT2D eigenvalue weighted by atomic mass is 10.1. The van der Waals surface area contributed by atoms with Crippen LogP contribution in [0.25, 0.3) is 0 Å². The van der Waals surface area contributed by atoms with Gasteiger partial charge in [-0.1, -0.05) is 30.3 Å². The third-order valence-corrected chi connectivity index (χ3v) is 3.71. The Kier molecular flexibility index (Phi) is 4.70. The first kappa shape index (κ1) is 15.9. The van der Waals surface area contributed by atoms with E-state index in [1.165, 1.54) is 5.01 Å². The number of carbonyl (C=O) groups excluding carboxylic acids is 1. The first-order valence-electron chi connectivity index (χ1n) is 7.91. The number of para-hydroxylation sites is 3. The van der Waals surface area contributed by atoms with Crippen LogP contribution in [-0.2, 0) is 4.79 Å². The summed E-state index contributed by atoms with van der Waals surface area (Å²) in [5, 5.41) is 5.80. The van der Waals surface area contributed by atoms with Gasteiger partial charge in [0.25, 0.3) is 5.91 Å². The van der Waals surface area contributed by atoms with Crippen molar-refractivity contribution < 1.29 is 9.53 Å². The Morgan fingerprint density at radius 1 is 1.17 bits per heavy atom. The van der Waals surface area contributed by atoms with Crippen molar-refractivity contribution in [3.63, 3.8) is 0 Å². The Labute approximate surface area is 141 Å². The summed E-state index contributed by atoms with van der Waals surface area (Å²) in [6.45, 7) is 4.33. The standard InChI is InChI=1S/C19H19N3O2/c1-3-24-18-12-8-7-11-17(18)20-13-16-14(2)21-22(19(16)23)15-9-5-4-6-10-15/h4-13,16H,3H2,1-2H3/t16-/m1/s1. The predicted molar refractivity (Wildman–Crippen MR) is 96.3 cm³/mol. The van der Waals surface area contributed by atoms with Gasteiger partial charge in [0.05, 0.1) is 18.0 Å². The smallest absolute Gasteiger partial charge is 0.261 e. The molecule has 24 heavy (non-hydrogen) atoms. The maximum Gasteiger partial charge on any atom is 0.261 e. The predicted octanol–water partition coefficient (Wildman–Crippen LogP) is 3.83. The summed E-state index contributed by atoms with van der Waals surface area (Å²) in [7, 11) is 0. The molecule has 122 valence electrons. The highest BCUT2D eigenvalue weighted by molar-refractivity contribution is 6.23. The van der Waals surface area contributed by atoms with Gasteiger partial charge in [-0.25, -0.2) is 0 Å². The highest BCUT2D eigenvalue weighted by atomic mass is 16.5. The Morgan fingerprint density at radius 2 is 1.88 bits per heavy atom. The summed E-state index contributed by atoms with van der Waals surface area (Å²) in [5.41, 5.74) is 2.19. The number of benzene rings is 2. The second-order valence-corrected chi connectivity index (χ2v) is 5.38. The normalized spacial score (nSPS) is 17.4. The lowest BCUT2D eigenvalue weighted by Crippen LogP contribution is -2.27. The number of anilines is 1. The molecule has 0 radical (unpaired) electrons. The van der Waals surface area contributed by atoms with E-state index in [9.17, 15) is 4.79 Å². The van der Waals surface area contributed by atoms with Gasteiger partial charge in [-0.05, 0) is 38.1 Å². The molecule has 0 aliphatic carbocycles. The Hall–Kier alpha value is -2.95. The van der Waals surface area contributed by atoms with Gasteiger partial charge in [-0.15, -0.1) is 0 Å². The van der Waals surface area contributed by atoms with Crippen molar-refractivity contribution in [1.29, 1.82) is 0 Å². The van der Waals surface area contributed by atoms with Crippen molar-refractivity contribution in [2.24, 2.45) is 16.0 Å². The zero-order valence-electron chi connectivity index (χ0n) is 13.7. The van der Waals surface area contributed by atoms with Gasteiger partial charge in [0.1, 0.15) is 17.4 Å². The van der Waals surface area contributed by atoms with Crippen molar-refractivity contribution in [3.8, 4) is 5.75 Å². The topological polar surface area (TPSA) is 54.3 Å². The summed E-state index contributed by atoms with van der Waals surface area (Å²) in [6.07, 6.45) is 1.64. The molecule has 0 bridgehead atoms. The first-order valence-corrected chi connectivity index (χ1v) is 7.91. The number of hydrogen-bond acceptors (Lipinski definition) is 4. The molecule has 2 aromatic carbocycles. The summed E-state index contributed by atoms with van der Waals surface area (Å²) < 4.78 is 5.56. The van der Waals surface area contributed by atoms with Crippen molar-refractivity contribution >= 4 is 29.2 Å². The number of amides is 1. The minimum atomic E-state index is -0.458. The molecule has 0 saturated heterocycles. The molecular weight excluding hydrogens is 302 g/mol. The van der Waals surface area contributed by atoms with Crippen molar-refractivity contribution in [3.05, 3.63) is 54.6 Å². The van der Waals surface area contributed by atoms with Crippen LogP contribution in [0.2, 0.25) is 0 Å². The molecule has 0 N–H and O–H groups in total. The molecule has 2 aromatic rings. The van der Waals surface area contributed by atoms with Crippen molar-refractivity contribution in [2.45, 2.75) is 13.8 Å². The molecule has 5 heteroatoms. The van der Waals surface area contributed by atoms with E-state index >= 15 is 0 Å². The minimum absolute atomic E-state index is 0.101. The minimum Gasteiger partial charge on any atom is -0.492 e. The van der Waals surface area contributed by atoms with E-state index in [-0.39, 0.29) is 5.91 Å². The summed E-state index contributed by atoms with van der Waals surface area (Å²) in [4.78, 5) is 17.1. The van der Waals surface area contributed by atoms with Gasteiger partial charge in [0.2, 0.25) is 0 Å². The number of hydrogen-bond donors (Lipinski definition) is 0. The number of carbonyl (C=O) groups is 1. The van der Waals surface area contributed by atoms with E-state index in [0.29, 0.717) is 18.0 Å². The van der Waals surface area contributed by atoms with Crippen LogP contribution in [0.4, 0.5) is 11.4 Å². The fourth-order valence-electron chi connectivity index (χ4n) is 2.50.